The van der Waals surface area contributed by atoms with E-state index in [1.807, 2.05) is 0 Å². The first-order chi connectivity index (χ1) is 8.00. The number of rotatable bonds is 4. The summed E-state index contributed by atoms with van der Waals surface area (Å²) in [4.78, 5) is 23.9. The van der Waals surface area contributed by atoms with Gasteiger partial charge in [0.1, 0.15) is 6.04 Å². The molecule has 0 radical (unpaired) electrons. The molecule has 1 fully saturated rings. The van der Waals surface area contributed by atoms with E-state index in [-0.39, 0.29) is 6.03 Å². The van der Waals surface area contributed by atoms with Crippen LogP contribution in [0, 0.1) is 5.92 Å². The second-order valence-corrected chi connectivity index (χ2v) is 4.89. The van der Waals surface area contributed by atoms with Crippen LogP contribution >= 0.6 is 0 Å². The molecule has 0 saturated heterocycles. The molecule has 1 aliphatic carbocycles. The van der Waals surface area contributed by atoms with Gasteiger partial charge in [0.15, 0.2) is 0 Å². The van der Waals surface area contributed by atoms with Crippen LogP contribution in [0.15, 0.2) is 0 Å². The Morgan fingerprint density at radius 3 is 2.47 bits per heavy atom. The first-order valence-electron chi connectivity index (χ1n) is 6.25. The summed E-state index contributed by atoms with van der Waals surface area (Å²) in [5, 5.41) is 11.2. The Kier molecular flexibility index (Phi) is 5.25. The number of urea groups is 1. The third-order valence-corrected chi connectivity index (χ3v) is 3.31. The Labute approximate surface area is 102 Å². The van der Waals surface area contributed by atoms with Gasteiger partial charge >= 0.3 is 12.0 Å². The minimum Gasteiger partial charge on any atom is -0.480 e. The number of nitrogens with one attached hydrogen (secondary N) is 1. The van der Waals surface area contributed by atoms with Gasteiger partial charge in [-0.15, -0.1) is 0 Å². The first-order valence-corrected chi connectivity index (χ1v) is 6.25. The Morgan fingerprint density at radius 2 is 1.94 bits per heavy atom. The Balaban J connectivity index is 2.33. The minimum atomic E-state index is -1.01. The molecule has 98 valence electrons. The summed E-state index contributed by atoms with van der Waals surface area (Å²) in [5.74, 6) is -0.441. The average molecular weight is 242 g/mol. The molecule has 0 bridgehead atoms. The van der Waals surface area contributed by atoms with Crippen LogP contribution in [-0.2, 0) is 4.79 Å². The number of carboxylic acid groups (broad SMARTS) is 1. The summed E-state index contributed by atoms with van der Waals surface area (Å²) in [6.07, 6.45) is 6.12. The molecule has 1 rings (SSSR count). The fourth-order valence-corrected chi connectivity index (χ4v) is 2.20. The van der Waals surface area contributed by atoms with Gasteiger partial charge in [-0.3, -0.25) is 4.79 Å². The number of nitrogens with zero attached hydrogens (tertiary/aromatic N) is 1. The van der Waals surface area contributed by atoms with Gasteiger partial charge in [0.2, 0.25) is 0 Å². The minimum absolute atomic E-state index is 0.300. The predicted octanol–water partition coefficient (Wildman–Crippen LogP) is 1.68. The molecule has 0 spiro atoms. The lowest BCUT2D eigenvalue weighted by Crippen LogP contribution is -2.46. The SMILES string of the molecule is CC(NC(=O)N(C)CC1CCCCC1)C(=O)O. The largest absolute Gasteiger partial charge is 0.480 e. The fourth-order valence-electron chi connectivity index (χ4n) is 2.20. The quantitative estimate of drug-likeness (QED) is 0.788. The van der Waals surface area contributed by atoms with Gasteiger partial charge in [0, 0.05) is 13.6 Å². The van der Waals surface area contributed by atoms with Crippen LogP contribution < -0.4 is 5.32 Å². The van der Waals surface area contributed by atoms with Crippen molar-refractivity contribution in [3.63, 3.8) is 0 Å². The van der Waals surface area contributed by atoms with E-state index in [9.17, 15) is 9.59 Å². The lowest BCUT2D eigenvalue weighted by atomic mass is 9.89. The van der Waals surface area contributed by atoms with Crippen molar-refractivity contribution in [1.82, 2.24) is 10.2 Å². The summed E-state index contributed by atoms with van der Waals surface area (Å²) >= 11 is 0. The average Bonchev–Trinajstić information content (AvgIpc) is 2.29. The van der Waals surface area contributed by atoms with Gasteiger partial charge in [0.25, 0.3) is 0 Å². The molecule has 1 saturated carbocycles. The highest BCUT2D eigenvalue weighted by atomic mass is 16.4. The number of carboxylic acids is 1. The first kappa shape index (κ1) is 13.8. The third-order valence-electron chi connectivity index (χ3n) is 3.31. The number of carbonyl (C=O) groups excluding carboxylic acids is 1. The highest BCUT2D eigenvalue weighted by Gasteiger charge is 2.20. The van der Waals surface area contributed by atoms with Crippen LogP contribution in [0.4, 0.5) is 4.79 Å². The second-order valence-electron chi connectivity index (χ2n) is 4.89. The second kappa shape index (κ2) is 6.47. The number of carbonyl (C=O) groups is 2. The van der Waals surface area contributed by atoms with E-state index in [1.165, 1.54) is 39.0 Å². The molecule has 0 heterocycles. The molecule has 0 aromatic carbocycles. The summed E-state index contributed by atoms with van der Waals surface area (Å²) in [6, 6.07) is -1.14. The van der Waals surface area contributed by atoms with E-state index in [0.717, 1.165) is 6.54 Å². The molecule has 5 heteroatoms. The van der Waals surface area contributed by atoms with Gasteiger partial charge in [-0.05, 0) is 25.7 Å². The Bertz CT molecular complexity index is 275. The Morgan fingerprint density at radius 1 is 1.35 bits per heavy atom. The monoisotopic (exact) mass is 242 g/mol. The van der Waals surface area contributed by atoms with Crippen molar-refractivity contribution in [3.05, 3.63) is 0 Å². The number of amides is 2. The predicted molar refractivity (Wildman–Crippen MR) is 64.8 cm³/mol. The zero-order chi connectivity index (χ0) is 12.8. The molecule has 0 aliphatic heterocycles. The van der Waals surface area contributed by atoms with Gasteiger partial charge in [-0.2, -0.15) is 0 Å². The smallest absolute Gasteiger partial charge is 0.325 e. The summed E-state index contributed by atoms with van der Waals surface area (Å²) in [7, 11) is 1.72. The van der Waals surface area contributed by atoms with E-state index >= 15 is 0 Å². The van der Waals surface area contributed by atoms with Crippen molar-refractivity contribution in [2.75, 3.05) is 13.6 Å². The highest BCUT2D eigenvalue weighted by Crippen LogP contribution is 2.23. The van der Waals surface area contributed by atoms with Gasteiger partial charge in [0.05, 0.1) is 0 Å². The van der Waals surface area contributed by atoms with E-state index in [4.69, 9.17) is 5.11 Å². The molecular weight excluding hydrogens is 220 g/mol. The van der Waals surface area contributed by atoms with E-state index < -0.39 is 12.0 Å². The molecule has 1 atom stereocenters. The zero-order valence-corrected chi connectivity index (χ0v) is 10.6. The topological polar surface area (TPSA) is 69.6 Å². The lowest BCUT2D eigenvalue weighted by Gasteiger charge is -2.27. The maximum absolute atomic E-state index is 11.7. The van der Waals surface area contributed by atoms with Crippen molar-refractivity contribution in [1.29, 1.82) is 0 Å². The molecule has 0 aromatic heterocycles. The highest BCUT2D eigenvalue weighted by molar-refractivity contribution is 5.82. The maximum Gasteiger partial charge on any atom is 0.325 e. The van der Waals surface area contributed by atoms with Gasteiger partial charge in [-0.1, -0.05) is 19.3 Å². The van der Waals surface area contributed by atoms with Crippen LogP contribution in [0.5, 0.6) is 0 Å². The van der Waals surface area contributed by atoms with Crippen LogP contribution in [0.3, 0.4) is 0 Å². The third kappa shape index (κ3) is 4.63. The van der Waals surface area contributed by atoms with Crippen molar-refractivity contribution in [2.45, 2.75) is 45.1 Å². The number of aliphatic carboxylic acids is 1. The van der Waals surface area contributed by atoms with Crippen molar-refractivity contribution < 1.29 is 14.7 Å². The van der Waals surface area contributed by atoms with E-state index in [0.29, 0.717) is 5.92 Å². The number of hydrogen-bond donors (Lipinski definition) is 2. The zero-order valence-electron chi connectivity index (χ0n) is 10.6. The van der Waals surface area contributed by atoms with Crippen molar-refractivity contribution >= 4 is 12.0 Å². The van der Waals surface area contributed by atoms with Crippen LogP contribution in [0.2, 0.25) is 0 Å². The van der Waals surface area contributed by atoms with E-state index in [1.54, 1.807) is 11.9 Å². The molecule has 0 aromatic rings. The van der Waals surface area contributed by atoms with Crippen molar-refractivity contribution in [3.8, 4) is 0 Å². The molecule has 2 amide bonds. The normalized spacial score (nSPS) is 18.5. The van der Waals surface area contributed by atoms with E-state index in [2.05, 4.69) is 5.32 Å². The Hall–Kier alpha value is -1.26. The lowest BCUT2D eigenvalue weighted by molar-refractivity contribution is -0.138. The maximum atomic E-state index is 11.7. The standard InChI is InChI=1S/C12H22N2O3/c1-9(11(15)16)13-12(17)14(2)8-10-6-4-3-5-7-10/h9-10H,3-8H2,1-2H3,(H,13,17)(H,15,16). The summed E-state index contributed by atoms with van der Waals surface area (Å²) < 4.78 is 0. The number of hydrogen-bond acceptors (Lipinski definition) is 2. The summed E-state index contributed by atoms with van der Waals surface area (Å²) in [6.45, 7) is 2.19. The van der Waals surface area contributed by atoms with Gasteiger partial charge < -0.3 is 15.3 Å². The molecule has 17 heavy (non-hydrogen) atoms. The van der Waals surface area contributed by atoms with Crippen LogP contribution in [0.25, 0.3) is 0 Å². The van der Waals surface area contributed by atoms with Crippen molar-refractivity contribution in [2.24, 2.45) is 5.92 Å². The molecular formula is C12H22N2O3. The van der Waals surface area contributed by atoms with Crippen LogP contribution in [-0.4, -0.2) is 41.6 Å². The van der Waals surface area contributed by atoms with Gasteiger partial charge in [-0.25, -0.2) is 4.79 Å². The summed E-state index contributed by atoms with van der Waals surface area (Å²) in [5.41, 5.74) is 0. The molecule has 1 unspecified atom stereocenters. The molecule has 5 nitrogen and oxygen atoms in total. The molecule has 1 aliphatic rings. The molecule has 2 N–H and O–H groups in total. The fraction of sp³-hybridized carbons (Fsp3) is 0.833. The van der Waals surface area contributed by atoms with Crippen LogP contribution in [0.1, 0.15) is 39.0 Å².